The van der Waals surface area contributed by atoms with Crippen LogP contribution in [0.3, 0.4) is 0 Å². The Morgan fingerprint density at radius 1 is 1.43 bits per heavy atom. The van der Waals surface area contributed by atoms with E-state index >= 15 is 0 Å². The van der Waals surface area contributed by atoms with E-state index in [1.807, 2.05) is 13.0 Å². The molecular formula is C16H18N2O3. The molecule has 0 spiro atoms. The second-order valence-corrected chi connectivity index (χ2v) is 5.11. The van der Waals surface area contributed by atoms with Crippen molar-refractivity contribution in [1.29, 1.82) is 0 Å². The third-order valence-electron chi connectivity index (χ3n) is 3.48. The van der Waals surface area contributed by atoms with Gasteiger partial charge in [-0.15, -0.1) is 0 Å². The van der Waals surface area contributed by atoms with Gasteiger partial charge in [-0.1, -0.05) is 11.8 Å². The van der Waals surface area contributed by atoms with Crippen LogP contribution in [0.5, 0.6) is 0 Å². The Balaban J connectivity index is 2.30. The van der Waals surface area contributed by atoms with Crippen LogP contribution in [0.15, 0.2) is 18.2 Å². The molecule has 5 heteroatoms. The maximum atomic E-state index is 12.6. The fourth-order valence-corrected chi connectivity index (χ4v) is 2.59. The van der Waals surface area contributed by atoms with Crippen LogP contribution in [-0.2, 0) is 4.79 Å². The molecule has 0 saturated carbocycles. The third-order valence-corrected chi connectivity index (χ3v) is 3.48. The summed E-state index contributed by atoms with van der Waals surface area (Å²) in [5, 5.41) is 8.74. The molecule has 1 heterocycles. The number of carbonyl (C=O) groups excluding carboxylic acids is 2. The molecule has 1 aliphatic rings. The van der Waals surface area contributed by atoms with E-state index in [4.69, 9.17) is 10.8 Å². The van der Waals surface area contributed by atoms with Crippen LogP contribution in [0.4, 0.5) is 0 Å². The molecule has 1 fully saturated rings. The Bertz CT molecular complexity index is 628. The zero-order chi connectivity index (χ0) is 15.4. The molecule has 0 bridgehead atoms. The average molecular weight is 286 g/mol. The molecule has 110 valence electrons. The molecule has 5 nitrogen and oxygen atoms in total. The van der Waals surface area contributed by atoms with Gasteiger partial charge in [-0.25, -0.2) is 0 Å². The first-order valence-electron chi connectivity index (χ1n) is 6.84. The highest BCUT2D eigenvalue weighted by Crippen LogP contribution is 2.21. The SMILES string of the molecule is Cc1cc(C#CCO)cc(C(=O)N2CCCC2C(N)=O)c1. The molecule has 0 radical (unpaired) electrons. The highest BCUT2D eigenvalue weighted by Gasteiger charge is 2.33. The highest BCUT2D eigenvalue weighted by atomic mass is 16.2. The Morgan fingerprint density at radius 3 is 2.86 bits per heavy atom. The second kappa shape index (κ2) is 6.42. The summed E-state index contributed by atoms with van der Waals surface area (Å²) in [7, 11) is 0. The van der Waals surface area contributed by atoms with Crippen molar-refractivity contribution in [3.8, 4) is 11.8 Å². The number of hydrogen-bond donors (Lipinski definition) is 2. The number of nitrogens with two attached hydrogens (primary N) is 1. The van der Waals surface area contributed by atoms with Gasteiger partial charge in [-0.05, 0) is 43.5 Å². The van der Waals surface area contributed by atoms with Gasteiger partial charge in [0, 0.05) is 17.7 Å². The molecule has 2 rings (SSSR count). The fourth-order valence-electron chi connectivity index (χ4n) is 2.59. The number of carbonyl (C=O) groups is 2. The van der Waals surface area contributed by atoms with Crippen molar-refractivity contribution in [1.82, 2.24) is 4.90 Å². The standard InChI is InChI=1S/C16H18N2O3/c1-11-8-12(4-3-7-19)10-13(9-11)16(21)18-6-2-5-14(18)15(17)20/h8-10,14,19H,2,5-7H2,1H3,(H2,17,20). The minimum absolute atomic E-state index is 0.202. The summed E-state index contributed by atoms with van der Waals surface area (Å²) in [6, 6.07) is 4.76. The first kappa shape index (κ1) is 15.1. The number of aryl methyl sites for hydroxylation is 1. The van der Waals surface area contributed by atoms with Gasteiger partial charge in [0.05, 0.1) is 0 Å². The first-order valence-corrected chi connectivity index (χ1v) is 6.84. The lowest BCUT2D eigenvalue weighted by molar-refractivity contribution is -0.121. The summed E-state index contributed by atoms with van der Waals surface area (Å²) in [4.78, 5) is 25.5. The van der Waals surface area contributed by atoms with Crippen LogP contribution >= 0.6 is 0 Å². The van der Waals surface area contributed by atoms with E-state index in [0.29, 0.717) is 24.1 Å². The van der Waals surface area contributed by atoms with Crippen LogP contribution in [-0.4, -0.2) is 41.0 Å². The fraction of sp³-hybridized carbons (Fsp3) is 0.375. The predicted octanol–water partition coefficient (Wildman–Crippen LogP) is 0.429. The van der Waals surface area contributed by atoms with E-state index in [9.17, 15) is 9.59 Å². The number of hydrogen-bond acceptors (Lipinski definition) is 3. The topological polar surface area (TPSA) is 83.6 Å². The van der Waals surface area contributed by atoms with Crippen molar-refractivity contribution in [3.63, 3.8) is 0 Å². The number of aliphatic hydroxyl groups is 1. The summed E-state index contributed by atoms with van der Waals surface area (Å²) in [5.41, 5.74) is 7.41. The van der Waals surface area contributed by atoms with E-state index in [-0.39, 0.29) is 12.5 Å². The van der Waals surface area contributed by atoms with Crippen LogP contribution in [0, 0.1) is 18.8 Å². The molecular weight excluding hydrogens is 268 g/mol. The Morgan fingerprint density at radius 2 is 2.19 bits per heavy atom. The van der Waals surface area contributed by atoms with E-state index in [2.05, 4.69) is 11.8 Å². The van der Waals surface area contributed by atoms with Gasteiger partial charge in [0.15, 0.2) is 0 Å². The van der Waals surface area contributed by atoms with Crippen LogP contribution in [0.2, 0.25) is 0 Å². The summed E-state index contributed by atoms with van der Waals surface area (Å²) in [6.45, 7) is 2.18. The van der Waals surface area contributed by atoms with Crippen LogP contribution in [0.25, 0.3) is 0 Å². The lowest BCUT2D eigenvalue weighted by Crippen LogP contribution is -2.43. The van der Waals surface area contributed by atoms with Gasteiger partial charge < -0.3 is 15.7 Å². The largest absolute Gasteiger partial charge is 0.384 e. The molecule has 1 unspecified atom stereocenters. The molecule has 3 N–H and O–H groups in total. The molecule has 1 aromatic carbocycles. The molecule has 0 aromatic heterocycles. The minimum Gasteiger partial charge on any atom is -0.384 e. The molecule has 1 aliphatic heterocycles. The average Bonchev–Trinajstić information content (AvgIpc) is 2.93. The van der Waals surface area contributed by atoms with E-state index in [0.717, 1.165) is 12.0 Å². The summed E-state index contributed by atoms with van der Waals surface area (Å²) in [5.74, 6) is 4.69. The van der Waals surface area contributed by atoms with E-state index < -0.39 is 11.9 Å². The van der Waals surface area contributed by atoms with Crippen molar-refractivity contribution < 1.29 is 14.7 Å². The van der Waals surface area contributed by atoms with Gasteiger partial charge in [-0.2, -0.15) is 0 Å². The van der Waals surface area contributed by atoms with Gasteiger partial charge >= 0.3 is 0 Å². The second-order valence-electron chi connectivity index (χ2n) is 5.11. The summed E-state index contributed by atoms with van der Waals surface area (Å²) < 4.78 is 0. The zero-order valence-corrected chi connectivity index (χ0v) is 11.9. The van der Waals surface area contributed by atoms with Gasteiger partial charge in [0.1, 0.15) is 12.6 Å². The van der Waals surface area contributed by atoms with Gasteiger partial charge in [-0.3, -0.25) is 9.59 Å². The Kier molecular flexibility index (Phi) is 4.61. The lowest BCUT2D eigenvalue weighted by Gasteiger charge is -2.22. The number of nitrogens with zero attached hydrogens (tertiary/aromatic N) is 1. The van der Waals surface area contributed by atoms with Crippen molar-refractivity contribution in [2.24, 2.45) is 5.73 Å². The predicted molar refractivity (Wildman–Crippen MR) is 78.4 cm³/mol. The molecule has 21 heavy (non-hydrogen) atoms. The number of aliphatic hydroxyl groups excluding tert-OH is 1. The Labute approximate surface area is 123 Å². The molecule has 0 aliphatic carbocycles. The van der Waals surface area contributed by atoms with Crippen LogP contribution < -0.4 is 5.73 Å². The normalized spacial score (nSPS) is 17.2. The number of benzene rings is 1. The molecule has 1 saturated heterocycles. The smallest absolute Gasteiger partial charge is 0.254 e. The first-order chi connectivity index (χ1) is 10.0. The third kappa shape index (κ3) is 3.41. The quantitative estimate of drug-likeness (QED) is 0.773. The zero-order valence-electron chi connectivity index (χ0n) is 11.9. The maximum Gasteiger partial charge on any atom is 0.254 e. The maximum absolute atomic E-state index is 12.6. The van der Waals surface area contributed by atoms with Crippen LogP contribution in [0.1, 0.15) is 34.3 Å². The monoisotopic (exact) mass is 286 g/mol. The summed E-state index contributed by atoms with van der Waals surface area (Å²) >= 11 is 0. The van der Waals surface area contributed by atoms with Crippen molar-refractivity contribution in [2.45, 2.75) is 25.8 Å². The van der Waals surface area contributed by atoms with Crippen molar-refractivity contribution in [3.05, 3.63) is 34.9 Å². The van der Waals surface area contributed by atoms with Gasteiger partial charge in [0.2, 0.25) is 5.91 Å². The van der Waals surface area contributed by atoms with E-state index in [1.54, 1.807) is 12.1 Å². The van der Waals surface area contributed by atoms with Crippen molar-refractivity contribution >= 4 is 11.8 Å². The molecule has 1 atom stereocenters. The molecule has 2 amide bonds. The Hall–Kier alpha value is -2.32. The number of amides is 2. The minimum atomic E-state index is -0.523. The summed E-state index contributed by atoms with van der Waals surface area (Å²) in [6.07, 6.45) is 1.40. The van der Waals surface area contributed by atoms with Gasteiger partial charge in [0.25, 0.3) is 5.91 Å². The number of likely N-dealkylation sites (tertiary alicyclic amines) is 1. The highest BCUT2D eigenvalue weighted by molar-refractivity contribution is 5.98. The van der Waals surface area contributed by atoms with E-state index in [1.165, 1.54) is 4.90 Å². The van der Waals surface area contributed by atoms with Crippen molar-refractivity contribution in [2.75, 3.05) is 13.2 Å². The molecule has 1 aromatic rings. The lowest BCUT2D eigenvalue weighted by atomic mass is 10.1. The number of rotatable bonds is 2. The number of primary amides is 1.